The average molecular weight is 1500 g/mol. The smallest absolute Gasteiger partial charge is 0.360 e. The maximum Gasteiger partial charge on any atom is 0.360 e. The molecule has 21 nitrogen and oxygen atoms in total. The van der Waals surface area contributed by atoms with Crippen molar-refractivity contribution < 1.29 is 89.2 Å². The van der Waals surface area contributed by atoms with Crippen LogP contribution in [-0.2, 0) is 47.5 Å². The van der Waals surface area contributed by atoms with Crippen molar-refractivity contribution >= 4 is 98.5 Å². The molecular weight excluding hydrogens is 1420 g/mol. The molecule has 7 aliphatic heterocycles. The Hall–Kier alpha value is -2.75. The van der Waals surface area contributed by atoms with Gasteiger partial charge in [-0.1, -0.05) is 149 Å². The van der Waals surface area contributed by atoms with Gasteiger partial charge in [0.2, 0.25) is 27.8 Å². The van der Waals surface area contributed by atoms with E-state index in [9.17, 15) is 65.0 Å². The molecule has 9 heterocycles. The molecular formula is C56H84Cl5F6IN4O17. The van der Waals surface area contributed by atoms with E-state index >= 15 is 0 Å². The number of aliphatic hydroxyl groups excluding tert-OH is 3. The number of H-pyrrole nitrogens is 2. The summed E-state index contributed by atoms with van der Waals surface area (Å²) in [6.45, 7) is 21.2. The third kappa shape index (κ3) is 19.7. The number of nitrogens with zero attached hydrogens (tertiary/aromatic N) is 2. The zero-order chi connectivity index (χ0) is 67.5. The zero-order valence-electron chi connectivity index (χ0n) is 50.4. The molecule has 89 heavy (non-hydrogen) atoms. The van der Waals surface area contributed by atoms with Gasteiger partial charge in [0, 0.05) is 54.1 Å². The molecule has 4 unspecified atom stereocenters. The van der Waals surface area contributed by atoms with E-state index in [4.69, 9.17) is 101 Å². The van der Waals surface area contributed by atoms with Crippen LogP contribution >= 0.6 is 80.6 Å². The van der Waals surface area contributed by atoms with Gasteiger partial charge in [-0.15, -0.1) is 0 Å². The monoisotopic (exact) mass is 1500 g/mol. The number of carbonyl (C=O) groups is 3. The van der Waals surface area contributed by atoms with Gasteiger partial charge in [-0.25, -0.2) is 45.5 Å². The molecule has 0 aromatic carbocycles. The van der Waals surface area contributed by atoms with Crippen LogP contribution in [0.3, 0.4) is 0 Å². The molecule has 0 radical (unpaired) electrons. The third-order valence-corrected chi connectivity index (χ3v) is 20.2. The molecule has 33 heteroatoms. The normalized spacial score (nSPS) is 40.7. The quantitative estimate of drug-likeness (QED) is 0.0513. The number of rotatable bonds is 9. The molecule has 0 amide bonds. The molecule has 7 aliphatic rings. The molecule has 7 saturated heterocycles. The first kappa shape index (κ1) is 82.3. The Morgan fingerprint density at radius 2 is 0.978 bits per heavy atom. The van der Waals surface area contributed by atoms with Crippen molar-refractivity contribution in [1.29, 1.82) is 0 Å². The number of alkyl halides is 12. The van der Waals surface area contributed by atoms with Crippen molar-refractivity contribution in [2.45, 2.75) is 239 Å². The lowest BCUT2D eigenvalue weighted by molar-refractivity contribution is -0.147. The molecule has 9 rings (SSSR count). The van der Waals surface area contributed by atoms with Gasteiger partial charge in [-0.2, -0.15) is 0 Å². The van der Waals surface area contributed by atoms with Crippen molar-refractivity contribution in [3.8, 4) is 0 Å². The minimum Gasteiger partial charge on any atom is -0.462 e. The van der Waals surface area contributed by atoms with Crippen molar-refractivity contribution in [2.75, 3.05) is 6.61 Å². The summed E-state index contributed by atoms with van der Waals surface area (Å²) in [6, 6.07) is 2.11. The average Bonchev–Trinajstić information content (AvgIpc) is 1.69. The van der Waals surface area contributed by atoms with Crippen LogP contribution in [0.5, 0.6) is 0 Å². The van der Waals surface area contributed by atoms with E-state index in [1.807, 2.05) is 74.1 Å². The highest BCUT2D eigenvalue weighted by Gasteiger charge is 2.59. The van der Waals surface area contributed by atoms with Crippen molar-refractivity contribution in [3.63, 3.8) is 0 Å². The van der Waals surface area contributed by atoms with Gasteiger partial charge in [0.1, 0.15) is 30.5 Å². The molecule has 514 valence electrons. The molecule has 7 fully saturated rings. The Morgan fingerprint density at radius 1 is 0.562 bits per heavy atom. The number of carbonyl (C=O) groups excluding carboxylic acids is 3. The second kappa shape index (κ2) is 34.6. The van der Waals surface area contributed by atoms with E-state index in [-0.39, 0.29) is 61.9 Å². The van der Waals surface area contributed by atoms with Gasteiger partial charge in [-0.05, 0) is 61.1 Å². The Bertz CT molecular complexity index is 2710. The van der Waals surface area contributed by atoms with Gasteiger partial charge < -0.3 is 48.5 Å². The Morgan fingerprint density at radius 3 is 1.24 bits per heavy atom. The number of halogens is 12. The van der Waals surface area contributed by atoms with Gasteiger partial charge in [0.05, 0.1) is 37.3 Å². The highest BCUT2D eigenvalue weighted by Crippen LogP contribution is 2.50. The number of esters is 3. The Balaban J connectivity index is 0.000000359. The van der Waals surface area contributed by atoms with Crippen LogP contribution in [0.1, 0.15) is 148 Å². The predicted octanol–water partition coefficient (Wildman–Crippen LogP) is 9.97. The highest BCUT2D eigenvalue weighted by molar-refractivity contribution is 14.1. The summed E-state index contributed by atoms with van der Waals surface area (Å²) >= 11 is 29.6. The second-order valence-corrected chi connectivity index (χ2v) is 26.0. The molecule has 24 atom stereocenters. The number of ether oxygens (including phenoxy) is 7. The summed E-state index contributed by atoms with van der Waals surface area (Å²) in [5, 5.41) is 16.4. The number of cyclic esters (lactones) is 3. The van der Waals surface area contributed by atoms with E-state index in [0.717, 1.165) is 35.7 Å². The van der Waals surface area contributed by atoms with Crippen LogP contribution in [0.25, 0.3) is 0 Å². The maximum atomic E-state index is 14.5. The van der Waals surface area contributed by atoms with Crippen molar-refractivity contribution in [1.82, 2.24) is 19.1 Å². The highest BCUT2D eigenvalue weighted by atomic mass is 127. The van der Waals surface area contributed by atoms with E-state index in [0.29, 0.717) is 42.6 Å². The largest absolute Gasteiger partial charge is 0.462 e. The van der Waals surface area contributed by atoms with Crippen LogP contribution in [0.4, 0.5) is 26.3 Å². The van der Waals surface area contributed by atoms with Crippen molar-refractivity contribution in [3.05, 3.63) is 66.2 Å². The van der Waals surface area contributed by atoms with E-state index in [1.54, 1.807) is 34.6 Å². The molecule has 0 aliphatic carbocycles. The predicted molar refractivity (Wildman–Crippen MR) is 328 cm³/mol. The standard InChI is InChI=1S/C11H14ClFN2O3.C9H10ClFN2O5.C7H11ClFIO.C7H12ClFO2.C7H10ClFO2.C7H11FO2.C7H12O2.CH4/c1-3-7-6(2)11(12,13)9(18-7)15-5-4-8(16)14-10(15)17;10-9(11)6(16)4(3-14)18-7(9)13-2-1-5(15)12-8(13)17;3*1-3-5-4(2)7(8,9)6(10)11-5;1-3-5-4(2)6(8)7(9)10-5;1-3-6-5(2)4-7(8)9-6;/h4-7,9H,3H2,1-2H3,(H,14,16,17);1-2,4,6-7,14,16H,3H2,(H,12,15,17);4-6H,3H2,1-2H3;4-6,10H,3H2,1-2H3;4-5H,3H2,1-2H3;4-6H,3H2,1-2H3;5-6H,3-4H2,1-2H3;1H4/t6-,7-,9?,11+;4-,6-,7?,9+;2*4-,5-,6?,7+;4-,5-,7+;4-,5-,6+;5-,6+;/m1111110./s1. The van der Waals surface area contributed by atoms with E-state index in [1.165, 1.54) is 6.20 Å². The lowest BCUT2D eigenvalue weighted by atomic mass is 9.99. The molecule has 0 saturated carbocycles. The molecule has 2 aromatic heterocycles. The summed E-state index contributed by atoms with van der Waals surface area (Å²) in [7, 11) is 0. The summed E-state index contributed by atoms with van der Waals surface area (Å²) in [4.78, 5) is 80.8. The maximum absolute atomic E-state index is 14.5. The number of aliphatic hydroxyl groups is 3. The molecule has 0 spiro atoms. The van der Waals surface area contributed by atoms with Crippen LogP contribution in [-0.4, -0.2) is 150 Å². The number of hydrogen-bond acceptors (Lipinski definition) is 17. The van der Waals surface area contributed by atoms with Gasteiger partial charge in [0.15, 0.2) is 16.6 Å². The number of nitrogens with one attached hydrogen (secondary N) is 2. The molecule has 2 aromatic rings. The van der Waals surface area contributed by atoms with Gasteiger partial charge in [0.25, 0.3) is 21.4 Å². The van der Waals surface area contributed by atoms with E-state index < -0.39 is 126 Å². The Kier molecular flexibility index (Phi) is 32.0. The summed E-state index contributed by atoms with van der Waals surface area (Å²) in [6.07, 6.45) is -2.73. The fourth-order valence-electron chi connectivity index (χ4n) is 10.0. The first-order valence-corrected chi connectivity index (χ1v) is 31.8. The molecule has 0 bridgehead atoms. The lowest BCUT2D eigenvalue weighted by Crippen LogP contribution is -2.41. The lowest BCUT2D eigenvalue weighted by Gasteiger charge is -2.23. The topological polar surface area (TPSA) is 286 Å². The number of aromatic amines is 2. The summed E-state index contributed by atoms with van der Waals surface area (Å²) in [5.41, 5.74) is -2.87. The van der Waals surface area contributed by atoms with Gasteiger partial charge in [-0.3, -0.25) is 33.5 Å². The first-order valence-electron chi connectivity index (χ1n) is 28.6. The fourth-order valence-corrected chi connectivity index (χ4v) is 12.1. The fraction of sp³-hybridized carbons (Fsp3) is 0.804. The summed E-state index contributed by atoms with van der Waals surface area (Å²) in [5.74, 6) is -3.28. The summed E-state index contributed by atoms with van der Waals surface area (Å²) < 4.78 is 117. The van der Waals surface area contributed by atoms with Crippen LogP contribution < -0.4 is 22.5 Å². The number of aromatic nitrogens is 4. The van der Waals surface area contributed by atoms with Gasteiger partial charge >= 0.3 is 29.3 Å². The minimum absolute atomic E-state index is 0. The first-order chi connectivity index (χ1) is 40.6. The zero-order valence-corrected chi connectivity index (χ0v) is 56.4. The van der Waals surface area contributed by atoms with Crippen LogP contribution in [0.15, 0.2) is 43.7 Å². The van der Waals surface area contributed by atoms with Crippen LogP contribution in [0.2, 0.25) is 0 Å². The Labute approximate surface area is 550 Å². The van der Waals surface area contributed by atoms with Crippen LogP contribution in [0, 0.1) is 35.5 Å². The second-order valence-electron chi connectivity index (χ2n) is 22.0. The third-order valence-electron chi connectivity index (χ3n) is 16.1. The number of hydrogen-bond donors (Lipinski definition) is 5. The van der Waals surface area contributed by atoms with Crippen molar-refractivity contribution in [2.24, 2.45) is 35.5 Å². The molecule has 5 N–H and O–H groups in total. The van der Waals surface area contributed by atoms with E-state index in [2.05, 4.69) is 6.92 Å². The SMILES string of the molecule is C.CC[C@H]1OC(=O)C[C@@H]1C.CC[C@H]1OC(=O)[C@@H](F)[C@@H]1C.CC[C@H]1OC(=O)[C@](F)(Cl)[C@@H]1C.CC[C@H]1OC(I)[C@](F)(Cl)[C@@H]1C.CC[C@H]1OC(O)[C@](F)(Cl)[C@@H]1C.CC[C@H]1OC(n2ccc(=O)[nH]c2=O)[C@](F)(Cl)[C@@H]1C.O=c1ccn(C2O[C@H](CO)[C@@H](O)[C@@]2(F)Cl)c(=O)[nH]1. The minimum atomic E-state index is -2.78.